The van der Waals surface area contributed by atoms with Crippen molar-refractivity contribution in [3.05, 3.63) is 35.9 Å². The molecule has 1 aromatic carbocycles. The molecule has 0 radical (unpaired) electrons. The van der Waals surface area contributed by atoms with Crippen molar-refractivity contribution in [2.24, 2.45) is 5.92 Å². The van der Waals surface area contributed by atoms with Crippen LogP contribution in [-0.2, 0) is 6.54 Å². The summed E-state index contributed by atoms with van der Waals surface area (Å²) in [5.41, 5.74) is 1.34. The Morgan fingerprint density at radius 2 is 2.06 bits per heavy atom. The highest BCUT2D eigenvalue weighted by Crippen LogP contribution is 2.21. The molecule has 2 nitrogen and oxygen atoms in total. The van der Waals surface area contributed by atoms with E-state index in [0.717, 1.165) is 30.5 Å². The molecule has 1 fully saturated rings. The van der Waals surface area contributed by atoms with Crippen LogP contribution in [0.15, 0.2) is 30.3 Å². The molecule has 3 heteroatoms. The predicted molar refractivity (Wildman–Crippen MR) is 74.7 cm³/mol. The molecule has 0 unspecified atom stereocenters. The zero-order chi connectivity index (χ0) is 11.4. The molecule has 0 saturated carbocycles. The van der Waals surface area contributed by atoms with E-state index in [9.17, 15) is 5.11 Å². The Balaban J connectivity index is 1.89. The maximum Gasteiger partial charge on any atom is 0.0703 e. The van der Waals surface area contributed by atoms with Crippen molar-refractivity contribution in [1.82, 2.24) is 4.90 Å². The second-order valence-corrected chi connectivity index (χ2v) is 5.37. The molecular formula is C13H18INO. The summed E-state index contributed by atoms with van der Waals surface area (Å²) in [6.45, 7) is 2.90. The van der Waals surface area contributed by atoms with Gasteiger partial charge in [-0.15, -0.1) is 0 Å². The zero-order valence-corrected chi connectivity index (χ0v) is 11.5. The maximum absolute atomic E-state index is 9.97. The summed E-state index contributed by atoms with van der Waals surface area (Å²) in [7, 11) is 0. The lowest BCUT2D eigenvalue weighted by atomic mass is 9.96. The van der Waals surface area contributed by atoms with Gasteiger partial charge < -0.3 is 5.11 Å². The summed E-state index contributed by atoms with van der Waals surface area (Å²) in [6, 6.07) is 10.5. The van der Waals surface area contributed by atoms with Crippen LogP contribution in [0, 0.1) is 5.92 Å². The maximum atomic E-state index is 9.97. The molecule has 0 aromatic heterocycles. The molecule has 0 bridgehead atoms. The van der Waals surface area contributed by atoms with Crippen molar-refractivity contribution in [3.63, 3.8) is 0 Å². The van der Waals surface area contributed by atoms with Crippen molar-refractivity contribution in [2.75, 3.05) is 17.5 Å². The molecular weight excluding hydrogens is 313 g/mol. The first kappa shape index (κ1) is 12.3. The zero-order valence-electron chi connectivity index (χ0n) is 9.35. The van der Waals surface area contributed by atoms with Gasteiger partial charge in [0.05, 0.1) is 6.10 Å². The lowest BCUT2D eigenvalue weighted by Crippen LogP contribution is -2.43. The lowest BCUT2D eigenvalue weighted by molar-refractivity contribution is 0.0288. The average Bonchev–Trinajstić information content (AvgIpc) is 2.31. The predicted octanol–water partition coefficient (Wildman–Crippen LogP) is 2.30. The second-order valence-electron chi connectivity index (χ2n) is 4.49. The number of rotatable bonds is 3. The van der Waals surface area contributed by atoms with Gasteiger partial charge in [-0.1, -0.05) is 52.9 Å². The molecule has 2 rings (SSSR count). The highest BCUT2D eigenvalue weighted by atomic mass is 127. The Kier molecular flexibility index (Phi) is 4.61. The molecule has 16 heavy (non-hydrogen) atoms. The summed E-state index contributed by atoms with van der Waals surface area (Å²) < 4.78 is 1.07. The topological polar surface area (TPSA) is 23.5 Å². The molecule has 1 heterocycles. The van der Waals surface area contributed by atoms with E-state index in [-0.39, 0.29) is 6.10 Å². The number of piperidine rings is 1. The fourth-order valence-electron chi connectivity index (χ4n) is 2.21. The van der Waals surface area contributed by atoms with Gasteiger partial charge in [-0.2, -0.15) is 0 Å². The highest BCUT2D eigenvalue weighted by Gasteiger charge is 2.26. The van der Waals surface area contributed by atoms with Crippen LogP contribution in [0.4, 0.5) is 0 Å². The largest absolute Gasteiger partial charge is 0.391 e. The van der Waals surface area contributed by atoms with Crippen LogP contribution in [0.5, 0.6) is 0 Å². The van der Waals surface area contributed by atoms with Gasteiger partial charge in [-0.3, -0.25) is 4.90 Å². The van der Waals surface area contributed by atoms with Crippen molar-refractivity contribution >= 4 is 22.6 Å². The monoisotopic (exact) mass is 331 g/mol. The smallest absolute Gasteiger partial charge is 0.0703 e. The van der Waals surface area contributed by atoms with E-state index in [2.05, 4.69) is 51.8 Å². The van der Waals surface area contributed by atoms with Gasteiger partial charge in [0.1, 0.15) is 0 Å². The van der Waals surface area contributed by atoms with E-state index in [0.29, 0.717) is 5.92 Å². The molecule has 0 amide bonds. The number of alkyl halides is 1. The Bertz CT molecular complexity index is 317. The van der Waals surface area contributed by atoms with Crippen LogP contribution in [-0.4, -0.2) is 33.6 Å². The van der Waals surface area contributed by atoms with Gasteiger partial charge in [0, 0.05) is 17.5 Å². The Labute approximate surface area is 111 Å². The third kappa shape index (κ3) is 3.18. The second kappa shape index (κ2) is 5.98. The minimum absolute atomic E-state index is 0.144. The van der Waals surface area contributed by atoms with E-state index < -0.39 is 0 Å². The SMILES string of the molecule is O[C@H]1CN(Cc2ccccc2)CC[C@H]1CI. The Morgan fingerprint density at radius 1 is 1.31 bits per heavy atom. The fourth-order valence-corrected chi connectivity index (χ4v) is 3.24. The number of benzene rings is 1. The number of hydrogen-bond donors (Lipinski definition) is 1. The molecule has 2 atom stereocenters. The quantitative estimate of drug-likeness (QED) is 0.679. The van der Waals surface area contributed by atoms with Gasteiger partial charge in [0.2, 0.25) is 0 Å². The van der Waals surface area contributed by atoms with Gasteiger partial charge in [-0.25, -0.2) is 0 Å². The van der Waals surface area contributed by atoms with Crippen molar-refractivity contribution < 1.29 is 5.11 Å². The number of likely N-dealkylation sites (tertiary alicyclic amines) is 1. The molecule has 1 N–H and O–H groups in total. The molecule has 88 valence electrons. The first-order chi connectivity index (χ1) is 7.79. The summed E-state index contributed by atoms with van der Waals surface area (Å²) in [5, 5.41) is 9.97. The lowest BCUT2D eigenvalue weighted by Gasteiger charge is -2.35. The minimum Gasteiger partial charge on any atom is -0.391 e. The number of aliphatic hydroxyl groups is 1. The molecule has 1 aliphatic heterocycles. The van der Waals surface area contributed by atoms with E-state index >= 15 is 0 Å². The van der Waals surface area contributed by atoms with Crippen molar-refractivity contribution in [1.29, 1.82) is 0 Å². The van der Waals surface area contributed by atoms with Gasteiger partial charge >= 0.3 is 0 Å². The van der Waals surface area contributed by atoms with Crippen molar-refractivity contribution in [3.8, 4) is 0 Å². The molecule has 1 aromatic rings. The summed E-state index contributed by atoms with van der Waals surface area (Å²) in [5.74, 6) is 0.493. The average molecular weight is 331 g/mol. The van der Waals surface area contributed by atoms with Crippen LogP contribution in [0.2, 0.25) is 0 Å². The van der Waals surface area contributed by atoms with E-state index in [1.807, 2.05) is 6.07 Å². The van der Waals surface area contributed by atoms with Crippen molar-refractivity contribution in [2.45, 2.75) is 19.1 Å². The number of β-amino-alcohol motifs (C(OH)–C–C–N with tert-alkyl or cyclic N) is 1. The minimum atomic E-state index is -0.144. The fraction of sp³-hybridized carbons (Fsp3) is 0.538. The first-order valence-electron chi connectivity index (χ1n) is 5.80. The normalized spacial score (nSPS) is 26.9. The molecule has 0 spiro atoms. The number of nitrogens with zero attached hydrogens (tertiary/aromatic N) is 1. The number of aliphatic hydroxyl groups excluding tert-OH is 1. The van der Waals surface area contributed by atoms with Gasteiger partial charge in [0.15, 0.2) is 0 Å². The highest BCUT2D eigenvalue weighted by molar-refractivity contribution is 14.1. The van der Waals surface area contributed by atoms with Crippen LogP contribution in [0.25, 0.3) is 0 Å². The van der Waals surface area contributed by atoms with Gasteiger partial charge in [0.25, 0.3) is 0 Å². The number of hydrogen-bond acceptors (Lipinski definition) is 2. The third-order valence-corrected chi connectivity index (χ3v) is 4.38. The molecule has 0 aliphatic carbocycles. The Hall–Kier alpha value is -0.130. The Morgan fingerprint density at radius 3 is 2.69 bits per heavy atom. The van der Waals surface area contributed by atoms with Crippen LogP contribution in [0.3, 0.4) is 0 Å². The summed E-state index contributed by atoms with van der Waals surface area (Å²) >= 11 is 2.37. The van der Waals surface area contributed by atoms with Crippen LogP contribution < -0.4 is 0 Å². The van der Waals surface area contributed by atoms with E-state index in [1.165, 1.54) is 5.56 Å². The van der Waals surface area contributed by atoms with Crippen LogP contribution in [0.1, 0.15) is 12.0 Å². The summed E-state index contributed by atoms with van der Waals surface area (Å²) in [4.78, 5) is 2.35. The summed E-state index contributed by atoms with van der Waals surface area (Å²) in [6.07, 6.45) is 0.978. The number of halogens is 1. The van der Waals surface area contributed by atoms with Gasteiger partial charge in [-0.05, 0) is 24.4 Å². The first-order valence-corrected chi connectivity index (χ1v) is 7.32. The van der Waals surface area contributed by atoms with Crippen LogP contribution >= 0.6 is 22.6 Å². The molecule has 1 saturated heterocycles. The molecule has 1 aliphatic rings. The van der Waals surface area contributed by atoms with E-state index in [4.69, 9.17) is 0 Å². The standard InChI is InChI=1S/C13H18INO/c14-8-12-6-7-15(10-13(12)16)9-11-4-2-1-3-5-11/h1-5,12-13,16H,6-10H2/t12-,13-/m0/s1. The third-order valence-electron chi connectivity index (χ3n) is 3.25. The van der Waals surface area contributed by atoms with E-state index in [1.54, 1.807) is 0 Å².